The van der Waals surface area contributed by atoms with Crippen LogP contribution in [0, 0.1) is 12.7 Å². The number of carbonyl (C=O) groups is 2. The minimum atomic E-state index is -0.769. The van der Waals surface area contributed by atoms with E-state index in [4.69, 9.17) is 0 Å². The first-order valence-corrected chi connectivity index (χ1v) is 11.8. The molecule has 3 aromatic carbocycles. The van der Waals surface area contributed by atoms with E-state index in [1.54, 1.807) is 18.2 Å². The Balaban J connectivity index is 1.97. The molecule has 178 valence electrons. The van der Waals surface area contributed by atoms with Gasteiger partial charge < -0.3 is 10.2 Å². The number of hydrogen-bond donors (Lipinski definition) is 1. The second-order valence-electron chi connectivity index (χ2n) is 8.80. The second-order valence-corrected chi connectivity index (χ2v) is 8.80. The maximum absolute atomic E-state index is 14.6. The van der Waals surface area contributed by atoms with E-state index in [1.807, 2.05) is 75.4 Å². The molecule has 0 fully saturated rings. The van der Waals surface area contributed by atoms with Crippen LogP contribution in [0.4, 0.5) is 4.39 Å². The van der Waals surface area contributed by atoms with Crippen molar-refractivity contribution in [1.29, 1.82) is 0 Å². The fraction of sp³-hybridized carbons (Fsp3) is 0.310. The molecule has 2 unspecified atom stereocenters. The van der Waals surface area contributed by atoms with E-state index < -0.39 is 11.9 Å². The minimum absolute atomic E-state index is 0.0167. The van der Waals surface area contributed by atoms with Crippen molar-refractivity contribution in [2.24, 2.45) is 0 Å². The second kappa shape index (κ2) is 12.1. The highest BCUT2D eigenvalue weighted by Crippen LogP contribution is 2.18. The SMILES string of the molecule is CCC(C)NC(=O)C(Cc1ccccc1)N(Cc1ccccc1F)C(=O)Cc1ccc(C)cc1. The van der Waals surface area contributed by atoms with Gasteiger partial charge in [0, 0.05) is 24.6 Å². The third-order valence-corrected chi connectivity index (χ3v) is 6.05. The maximum Gasteiger partial charge on any atom is 0.243 e. The molecule has 0 heterocycles. The van der Waals surface area contributed by atoms with Gasteiger partial charge in [0.15, 0.2) is 0 Å². The van der Waals surface area contributed by atoms with Crippen LogP contribution in [-0.4, -0.2) is 28.8 Å². The minimum Gasteiger partial charge on any atom is -0.352 e. The van der Waals surface area contributed by atoms with E-state index in [2.05, 4.69) is 5.32 Å². The van der Waals surface area contributed by atoms with Crippen LogP contribution in [0.1, 0.15) is 42.5 Å². The normalized spacial score (nSPS) is 12.6. The smallest absolute Gasteiger partial charge is 0.243 e. The van der Waals surface area contributed by atoms with Crippen LogP contribution >= 0.6 is 0 Å². The molecule has 4 nitrogen and oxygen atoms in total. The van der Waals surface area contributed by atoms with Crippen LogP contribution in [0.2, 0.25) is 0 Å². The lowest BCUT2D eigenvalue weighted by molar-refractivity contribution is -0.141. The summed E-state index contributed by atoms with van der Waals surface area (Å²) in [5.74, 6) is -0.837. The van der Waals surface area contributed by atoms with Crippen LogP contribution in [0.3, 0.4) is 0 Å². The lowest BCUT2D eigenvalue weighted by Gasteiger charge is -2.32. The van der Waals surface area contributed by atoms with Gasteiger partial charge in [-0.15, -0.1) is 0 Å². The summed E-state index contributed by atoms with van der Waals surface area (Å²) in [6.07, 6.45) is 1.25. The number of amides is 2. The van der Waals surface area contributed by atoms with Crippen molar-refractivity contribution in [2.75, 3.05) is 0 Å². The van der Waals surface area contributed by atoms with Crippen molar-refractivity contribution in [3.63, 3.8) is 0 Å². The Hall–Kier alpha value is -3.47. The summed E-state index contributed by atoms with van der Waals surface area (Å²) in [5.41, 5.74) is 3.28. The predicted octanol–water partition coefficient (Wildman–Crippen LogP) is 5.23. The van der Waals surface area contributed by atoms with E-state index in [-0.39, 0.29) is 30.8 Å². The quantitative estimate of drug-likeness (QED) is 0.450. The number of aryl methyl sites for hydroxylation is 1. The summed E-state index contributed by atoms with van der Waals surface area (Å²) in [6.45, 7) is 5.94. The Morgan fingerprint density at radius 3 is 2.21 bits per heavy atom. The number of nitrogens with one attached hydrogen (secondary N) is 1. The van der Waals surface area contributed by atoms with Crippen LogP contribution < -0.4 is 5.32 Å². The third kappa shape index (κ3) is 7.01. The highest BCUT2D eigenvalue weighted by molar-refractivity contribution is 5.89. The topological polar surface area (TPSA) is 49.4 Å². The zero-order valence-corrected chi connectivity index (χ0v) is 20.1. The van der Waals surface area contributed by atoms with Gasteiger partial charge in [-0.3, -0.25) is 9.59 Å². The summed E-state index contributed by atoms with van der Waals surface area (Å²) in [6, 6.07) is 23.0. The zero-order valence-electron chi connectivity index (χ0n) is 20.1. The molecule has 3 rings (SSSR count). The highest BCUT2D eigenvalue weighted by atomic mass is 19.1. The van der Waals surface area contributed by atoms with Gasteiger partial charge in [0.05, 0.1) is 6.42 Å². The summed E-state index contributed by atoms with van der Waals surface area (Å²) < 4.78 is 14.6. The summed E-state index contributed by atoms with van der Waals surface area (Å²) >= 11 is 0. The predicted molar refractivity (Wildman–Crippen MR) is 134 cm³/mol. The van der Waals surface area contributed by atoms with Gasteiger partial charge in [-0.2, -0.15) is 0 Å². The Kier molecular flexibility index (Phi) is 8.97. The Bertz CT molecular complexity index is 1080. The number of halogens is 1. The van der Waals surface area contributed by atoms with Gasteiger partial charge in [0.25, 0.3) is 0 Å². The summed E-state index contributed by atoms with van der Waals surface area (Å²) in [4.78, 5) is 28.6. The molecule has 3 aromatic rings. The number of rotatable bonds is 10. The van der Waals surface area contributed by atoms with Crippen LogP contribution in [-0.2, 0) is 29.0 Å². The maximum atomic E-state index is 14.6. The average Bonchev–Trinajstić information content (AvgIpc) is 2.84. The Labute approximate surface area is 201 Å². The Morgan fingerprint density at radius 2 is 1.56 bits per heavy atom. The van der Waals surface area contributed by atoms with Gasteiger partial charge in [0.1, 0.15) is 11.9 Å². The molecule has 0 bridgehead atoms. The molecule has 0 aliphatic heterocycles. The van der Waals surface area contributed by atoms with Gasteiger partial charge in [-0.05, 0) is 37.5 Å². The van der Waals surface area contributed by atoms with E-state index in [0.29, 0.717) is 12.0 Å². The zero-order chi connectivity index (χ0) is 24.5. The van der Waals surface area contributed by atoms with Gasteiger partial charge in [-0.25, -0.2) is 4.39 Å². The molecular weight excluding hydrogens is 427 g/mol. The first-order valence-electron chi connectivity index (χ1n) is 11.8. The lowest BCUT2D eigenvalue weighted by Crippen LogP contribution is -2.52. The van der Waals surface area contributed by atoms with Crippen molar-refractivity contribution in [2.45, 2.75) is 58.7 Å². The van der Waals surface area contributed by atoms with Crippen molar-refractivity contribution in [3.05, 3.63) is 107 Å². The average molecular weight is 461 g/mol. The van der Waals surface area contributed by atoms with Crippen LogP contribution in [0.25, 0.3) is 0 Å². The van der Waals surface area contributed by atoms with Gasteiger partial charge in [0.2, 0.25) is 11.8 Å². The lowest BCUT2D eigenvalue weighted by atomic mass is 10.0. The van der Waals surface area contributed by atoms with Gasteiger partial charge >= 0.3 is 0 Å². The molecule has 0 saturated carbocycles. The first kappa shape index (κ1) is 25.2. The van der Waals surface area contributed by atoms with Crippen molar-refractivity contribution in [3.8, 4) is 0 Å². The molecule has 0 radical (unpaired) electrons. The molecule has 2 atom stereocenters. The number of hydrogen-bond acceptors (Lipinski definition) is 2. The molecule has 0 aliphatic carbocycles. The first-order chi connectivity index (χ1) is 16.4. The monoisotopic (exact) mass is 460 g/mol. The highest BCUT2D eigenvalue weighted by Gasteiger charge is 2.31. The van der Waals surface area contributed by atoms with Crippen molar-refractivity contribution < 1.29 is 14.0 Å². The third-order valence-electron chi connectivity index (χ3n) is 6.05. The standard InChI is InChI=1S/C29H33FN2O2/c1-4-22(3)31-29(34)27(18-23-10-6-5-7-11-23)32(20-25-12-8-9-13-26(25)30)28(33)19-24-16-14-21(2)15-17-24/h5-17,22,27H,4,18-20H2,1-3H3,(H,31,34). The molecule has 0 saturated heterocycles. The van der Waals surface area contributed by atoms with E-state index >= 15 is 0 Å². The summed E-state index contributed by atoms with van der Waals surface area (Å²) in [5, 5.41) is 3.03. The van der Waals surface area contributed by atoms with E-state index in [0.717, 1.165) is 23.1 Å². The molecule has 0 aromatic heterocycles. The molecule has 5 heteroatoms. The van der Waals surface area contributed by atoms with Crippen LogP contribution in [0.15, 0.2) is 78.9 Å². The number of nitrogens with zero attached hydrogens (tertiary/aromatic N) is 1. The fourth-order valence-corrected chi connectivity index (χ4v) is 3.79. The van der Waals surface area contributed by atoms with E-state index in [1.165, 1.54) is 11.0 Å². The molecule has 34 heavy (non-hydrogen) atoms. The number of carbonyl (C=O) groups excluding carboxylic acids is 2. The number of benzene rings is 3. The van der Waals surface area contributed by atoms with Crippen molar-refractivity contribution in [1.82, 2.24) is 10.2 Å². The molecule has 0 spiro atoms. The fourth-order valence-electron chi connectivity index (χ4n) is 3.79. The molecule has 0 aliphatic rings. The van der Waals surface area contributed by atoms with E-state index in [9.17, 15) is 14.0 Å². The summed E-state index contributed by atoms with van der Waals surface area (Å²) in [7, 11) is 0. The largest absolute Gasteiger partial charge is 0.352 e. The molecule has 1 N–H and O–H groups in total. The Morgan fingerprint density at radius 1 is 0.912 bits per heavy atom. The van der Waals surface area contributed by atoms with Gasteiger partial charge in [-0.1, -0.05) is 85.3 Å². The molecule has 2 amide bonds. The van der Waals surface area contributed by atoms with Crippen LogP contribution in [0.5, 0.6) is 0 Å². The van der Waals surface area contributed by atoms with Crippen molar-refractivity contribution >= 4 is 11.8 Å². The molecular formula is C29H33FN2O2.